The SMILES string of the molecule is Cc1nn(S(C)(=O)=O)cc1Nc1ncc(C(F)(F)F)c(NC2CC2)n1. The van der Waals surface area contributed by atoms with Gasteiger partial charge in [-0.1, -0.05) is 0 Å². The molecule has 0 amide bonds. The van der Waals surface area contributed by atoms with Crippen LogP contribution < -0.4 is 10.6 Å². The molecule has 0 spiro atoms. The summed E-state index contributed by atoms with van der Waals surface area (Å²) in [5, 5.41) is 9.26. The minimum absolute atomic E-state index is 0.0291. The van der Waals surface area contributed by atoms with E-state index in [-0.39, 0.29) is 23.5 Å². The summed E-state index contributed by atoms with van der Waals surface area (Å²) in [6, 6.07) is -0.0291. The Labute approximate surface area is 141 Å². The van der Waals surface area contributed by atoms with Gasteiger partial charge in [-0.05, 0) is 19.8 Å². The van der Waals surface area contributed by atoms with Gasteiger partial charge in [-0.3, -0.25) is 0 Å². The van der Waals surface area contributed by atoms with Crippen molar-refractivity contribution >= 4 is 27.5 Å². The lowest BCUT2D eigenvalue weighted by Gasteiger charge is -2.14. The Morgan fingerprint density at radius 1 is 1.32 bits per heavy atom. The van der Waals surface area contributed by atoms with Gasteiger partial charge in [-0.2, -0.15) is 27.3 Å². The van der Waals surface area contributed by atoms with Crippen LogP contribution >= 0.6 is 0 Å². The molecule has 1 aliphatic rings. The van der Waals surface area contributed by atoms with Gasteiger partial charge in [-0.25, -0.2) is 13.4 Å². The first-order valence-electron chi connectivity index (χ1n) is 7.28. The van der Waals surface area contributed by atoms with Crippen molar-refractivity contribution < 1.29 is 21.6 Å². The highest BCUT2D eigenvalue weighted by molar-refractivity contribution is 7.89. The van der Waals surface area contributed by atoms with Crippen molar-refractivity contribution in [2.24, 2.45) is 0 Å². The van der Waals surface area contributed by atoms with Crippen molar-refractivity contribution in [3.8, 4) is 0 Å². The van der Waals surface area contributed by atoms with E-state index in [0.717, 1.165) is 23.2 Å². The van der Waals surface area contributed by atoms with Gasteiger partial charge in [0.2, 0.25) is 5.95 Å². The molecule has 0 bridgehead atoms. The molecule has 2 heterocycles. The number of alkyl halides is 3. The van der Waals surface area contributed by atoms with Crippen LogP contribution in [0.5, 0.6) is 0 Å². The maximum Gasteiger partial charge on any atom is 0.421 e. The van der Waals surface area contributed by atoms with Crippen LogP contribution in [0, 0.1) is 6.92 Å². The molecule has 2 aromatic heterocycles. The molecule has 2 aromatic rings. The third-order valence-electron chi connectivity index (χ3n) is 3.48. The van der Waals surface area contributed by atoms with Crippen LogP contribution in [-0.4, -0.2) is 39.9 Å². The van der Waals surface area contributed by atoms with E-state index in [4.69, 9.17) is 0 Å². The van der Waals surface area contributed by atoms with Crippen LogP contribution in [0.2, 0.25) is 0 Å². The van der Waals surface area contributed by atoms with Crippen LogP contribution in [0.25, 0.3) is 0 Å². The minimum Gasteiger partial charge on any atom is -0.367 e. The first-order valence-corrected chi connectivity index (χ1v) is 9.13. The van der Waals surface area contributed by atoms with E-state index in [1.165, 1.54) is 6.20 Å². The number of nitrogens with zero attached hydrogens (tertiary/aromatic N) is 4. The fraction of sp³-hybridized carbons (Fsp3) is 0.462. The van der Waals surface area contributed by atoms with Crippen molar-refractivity contribution in [1.82, 2.24) is 19.2 Å². The largest absolute Gasteiger partial charge is 0.421 e. The Hall–Kier alpha value is -2.37. The van der Waals surface area contributed by atoms with E-state index in [0.29, 0.717) is 11.9 Å². The molecule has 25 heavy (non-hydrogen) atoms. The molecule has 1 fully saturated rings. The van der Waals surface area contributed by atoms with Gasteiger partial charge in [0.1, 0.15) is 11.4 Å². The summed E-state index contributed by atoms with van der Waals surface area (Å²) < 4.78 is 62.9. The Morgan fingerprint density at radius 2 is 2.00 bits per heavy atom. The molecule has 0 atom stereocenters. The maximum atomic E-state index is 13.1. The fourth-order valence-electron chi connectivity index (χ4n) is 2.03. The highest BCUT2D eigenvalue weighted by atomic mass is 32.2. The lowest BCUT2D eigenvalue weighted by Crippen LogP contribution is -2.15. The Morgan fingerprint density at radius 3 is 2.52 bits per heavy atom. The van der Waals surface area contributed by atoms with Crippen LogP contribution in [0.4, 0.5) is 30.6 Å². The van der Waals surface area contributed by atoms with Crippen molar-refractivity contribution in [1.29, 1.82) is 0 Å². The first-order chi connectivity index (χ1) is 11.5. The molecule has 136 valence electrons. The molecule has 2 N–H and O–H groups in total. The maximum absolute atomic E-state index is 13.1. The molecule has 0 saturated heterocycles. The van der Waals surface area contributed by atoms with Crippen LogP contribution in [0.15, 0.2) is 12.4 Å². The molecule has 0 radical (unpaired) electrons. The fourth-order valence-corrected chi connectivity index (χ4v) is 2.60. The number of aryl methyl sites for hydroxylation is 1. The van der Waals surface area contributed by atoms with Gasteiger partial charge in [0.15, 0.2) is 0 Å². The molecule has 0 aliphatic heterocycles. The average molecular weight is 376 g/mol. The zero-order valence-electron chi connectivity index (χ0n) is 13.3. The Kier molecular flexibility index (Phi) is 4.09. The second-order valence-electron chi connectivity index (χ2n) is 5.76. The molecule has 0 aromatic carbocycles. The molecule has 1 aliphatic carbocycles. The summed E-state index contributed by atoms with van der Waals surface area (Å²) in [6.45, 7) is 1.55. The molecule has 0 unspecified atom stereocenters. The van der Waals surface area contributed by atoms with E-state index in [1.54, 1.807) is 6.92 Å². The van der Waals surface area contributed by atoms with Crippen molar-refractivity contribution in [3.05, 3.63) is 23.7 Å². The monoisotopic (exact) mass is 376 g/mol. The molecule has 12 heteroatoms. The van der Waals surface area contributed by atoms with E-state index in [1.807, 2.05) is 0 Å². The Bertz CT molecular complexity index is 905. The third-order valence-corrected chi connectivity index (χ3v) is 4.34. The minimum atomic E-state index is -4.58. The Balaban J connectivity index is 1.91. The smallest absolute Gasteiger partial charge is 0.367 e. The van der Waals surface area contributed by atoms with Gasteiger partial charge < -0.3 is 10.6 Å². The number of hydrogen-bond acceptors (Lipinski definition) is 7. The summed E-state index contributed by atoms with van der Waals surface area (Å²) in [4.78, 5) is 7.56. The van der Waals surface area contributed by atoms with E-state index >= 15 is 0 Å². The van der Waals surface area contributed by atoms with E-state index in [2.05, 4.69) is 25.7 Å². The average Bonchev–Trinajstić information content (AvgIpc) is 3.20. The summed E-state index contributed by atoms with van der Waals surface area (Å²) in [5.41, 5.74) is -0.332. The van der Waals surface area contributed by atoms with Crippen molar-refractivity contribution in [3.63, 3.8) is 0 Å². The van der Waals surface area contributed by atoms with Gasteiger partial charge in [-0.15, -0.1) is 0 Å². The standard InChI is InChI=1S/C13H15F3N6O2S/c1-7-10(6-22(21-7)25(2,23)24)19-12-17-5-9(13(14,15)16)11(20-12)18-8-3-4-8/h5-6,8H,3-4H2,1-2H3,(H2,17,18,19,20). The van der Waals surface area contributed by atoms with Gasteiger partial charge in [0.25, 0.3) is 10.0 Å². The zero-order chi connectivity index (χ0) is 18.4. The van der Waals surface area contributed by atoms with Crippen LogP contribution in [0.1, 0.15) is 24.1 Å². The predicted octanol–water partition coefficient (Wildman–Crippen LogP) is 2.13. The third kappa shape index (κ3) is 4.00. The van der Waals surface area contributed by atoms with Gasteiger partial charge in [0.05, 0.1) is 23.8 Å². The van der Waals surface area contributed by atoms with Gasteiger partial charge in [0, 0.05) is 12.2 Å². The van der Waals surface area contributed by atoms with Crippen molar-refractivity contribution in [2.75, 3.05) is 16.9 Å². The molecular formula is C13H15F3N6O2S. The second kappa shape index (κ2) is 5.86. The summed E-state index contributed by atoms with van der Waals surface area (Å²) in [5.74, 6) is -0.395. The number of hydrogen-bond donors (Lipinski definition) is 2. The lowest BCUT2D eigenvalue weighted by molar-refractivity contribution is -0.137. The molecule has 1 saturated carbocycles. The summed E-state index contributed by atoms with van der Waals surface area (Å²) in [6.07, 6.45) is -0.132. The van der Waals surface area contributed by atoms with Gasteiger partial charge >= 0.3 is 6.18 Å². The highest BCUT2D eigenvalue weighted by Crippen LogP contribution is 2.36. The van der Waals surface area contributed by atoms with Crippen molar-refractivity contribution in [2.45, 2.75) is 32.0 Å². The number of halogens is 3. The number of aromatic nitrogens is 4. The zero-order valence-corrected chi connectivity index (χ0v) is 14.1. The quantitative estimate of drug-likeness (QED) is 0.824. The van der Waals surface area contributed by atoms with E-state index < -0.39 is 21.8 Å². The second-order valence-corrected chi connectivity index (χ2v) is 7.60. The number of anilines is 3. The normalized spacial score (nSPS) is 15.2. The number of nitrogens with one attached hydrogen (secondary N) is 2. The first kappa shape index (κ1) is 17.5. The number of rotatable bonds is 5. The van der Waals surface area contributed by atoms with Crippen LogP contribution in [-0.2, 0) is 16.2 Å². The summed E-state index contributed by atoms with van der Waals surface area (Å²) >= 11 is 0. The summed E-state index contributed by atoms with van der Waals surface area (Å²) in [7, 11) is -3.58. The molecule has 8 nitrogen and oxygen atoms in total. The highest BCUT2D eigenvalue weighted by Gasteiger charge is 2.37. The van der Waals surface area contributed by atoms with Crippen LogP contribution in [0.3, 0.4) is 0 Å². The predicted molar refractivity (Wildman–Crippen MR) is 84.2 cm³/mol. The molecular weight excluding hydrogens is 361 g/mol. The lowest BCUT2D eigenvalue weighted by atomic mass is 10.3. The topological polar surface area (TPSA) is 102 Å². The molecule has 3 rings (SSSR count). The van der Waals surface area contributed by atoms with E-state index in [9.17, 15) is 21.6 Å².